The van der Waals surface area contributed by atoms with E-state index in [2.05, 4.69) is 22.9 Å². The maximum Gasteiger partial charge on any atom is 0.233 e. The van der Waals surface area contributed by atoms with Crippen LogP contribution in [0.15, 0.2) is 0 Å². The van der Waals surface area contributed by atoms with Crippen LogP contribution in [0.4, 0.5) is 0 Å². The lowest BCUT2D eigenvalue weighted by Gasteiger charge is -2.23. The first-order chi connectivity index (χ1) is 7.33. The van der Waals surface area contributed by atoms with Gasteiger partial charge in [0.15, 0.2) is 0 Å². The van der Waals surface area contributed by atoms with Gasteiger partial charge in [-0.25, -0.2) is 0 Å². The lowest BCUT2D eigenvalue weighted by molar-refractivity contribution is -0.120. The SMILES string of the molecule is CCCNC(=O)CNCC1CCCCN1. The first kappa shape index (κ1) is 12.5. The molecular weight excluding hydrogens is 190 g/mol. The zero-order chi connectivity index (χ0) is 10.9. The van der Waals surface area contributed by atoms with Crippen molar-refractivity contribution in [2.75, 3.05) is 26.2 Å². The Morgan fingerprint density at radius 1 is 1.47 bits per heavy atom. The molecule has 1 aliphatic rings. The number of carbonyl (C=O) groups is 1. The fourth-order valence-electron chi connectivity index (χ4n) is 1.79. The molecule has 15 heavy (non-hydrogen) atoms. The summed E-state index contributed by atoms with van der Waals surface area (Å²) in [7, 11) is 0. The predicted octanol–water partition coefficient (Wildman–Crippen LogP) is 0.244. The van der Waals surface area contributed by atoms with Crippen molar-refractivity contribution in [3.8, 4) is 0 Å². The van der Waals surface area contributed by atoms with Crippen molar-refractivity contribution in [2.24, 2.45) is 0 Å². The van der Waals surface area contributed by atoms with Crippen LogP contribution in [0, 0.1) is 0 Å². The number of piperidine rings is 1. The molecule has 0 aromatic heterocycles. The Balaban J connectivity index is 1.97. The smallest absolute Gasteiger partial charge is 0.233 e. The zero-order valence-electron chi connectivity index (χ0n) is 9.64. The van der Waals surface area contributed by atoms with Crippen molar-refractivity contribution < 1.29 is 4.79 Å². The topological polar surface area (TPSA) is 53.2 Å². The largest absolute Gasteiger partial charge is 0.355 e. The summed E-state index contributed by atoms with van der Waals surface area (Å²) in [6, 6.07) is 0.553. The fraction of sp³-hybridized carbons (Fsp3) is 0.909. The molecule has 1 heterocycles. The molecule has 1 atom stereocenters. The average molecular weight is 213 g/mol. The number of carbonyl (C=O) groups excluding carboxylic acids is 1. The second kappa shape index (κ2) is 7.65. The van der Waals surface area contributed by atoms with Crippen LogP contribution in [0.5, 0.6) is 0 Å². The van der Waals surface area contributed by atoms with E-state index < -0.39 is 0 Å². The number of nitrogens with one attached hydrogen (secondary N) is 3. The highest BCUT2D eigenvalue weighted by atomic mass is 16.1. The molecule has 4 heteroatoms. The van der Waals surface area contributed by atoms with Gasteiger partial charge in [-0.1, -0.05) is 13.3 Å². The third kappa shape index (κ3) is 5.74. The lowest BCUT2D eigenvalue weighted by Crippen LogP contribution is -2.44. The van der Waals surface area contributed by atoms with Crippen molar-refractivity contribution in [2.45, 2.75) is 38.6 Å². The Hall–Kier alpha value is -0.610. The summed E-state index contributed by atoms with van der Waals surface area (Å²) < 4.78 is 0. The van der Waals surface area contributed by atoms with Crippen LogP contribution in [0.2, 0.25) is 0 Å². The van der Waals surface area contributed by atoms with Gasteiger partial charge in [0, 0.05) is 19.1 Å². The molecule has 4 nitrogen and oxygen atoms in total. The average Bonchev–Trinajstić information content (AvgIpc) is 2.28. The molecule has 0 aromatic rings. The molecule has 1 saturated heterocycles. The molecule has 0 radical (unpaired) electrons. The van der Waals surface area contributed by atoms with E-state index in [-0.39, 0.29) is 5.91 Å². The van der Waals surface area contributed by atoms with Crippen molar-refractivity contribution in [1.29, 1.82) is 0 Å². The van der Waals surface area contributed by atoms with Gasteiger partial charge in [0.2, 0.25) is 5.91 Å². The van der Waals surface area contributed by atoms with Crippen LogP contribution in [-0.2, 0) is 4.79 Å². The van der Waals surface area contributed by atoms with E-state index >= 15 is 0 Å². The zero-order valence-corrected chi connectivity index (χ0v) is 9.64. The van der Waals surface area contributed by atoms with Crippen LogP contribution >= 0.6 is 0 Å². The quantitative estimate of drug-likeness (QED) is 0.592. The van der Waals surface area contributed by atoms with Gasteiger partial charge in [0.05, 0.1) is 6.54 Å². The molecule has 1 amide bonds. The Labute approximate surface area is 92.2 Å². The molecule has 88 valence electrons. The second-order valence-electron chi connectivity index (χ2n) is 4.13. The van der Waals surface area contributed by atoms with Gasteiger partial charge in [-0.05, 0) is 25.8 Å². The van der Waals surface area contributed by atoms with Gasteiger partial charge >= 0.3 is 0 Å². The van der Waals surface area contributed by atoms with Gasteiger partial charge in [-0.2, -0.15) is 0 Å². The van der Waals surface area contributed by atoms with E-state index in [9.17, 15) is 4.79 Å². The highest BCUT2D eigenvalue weighted by molar-refractivity contribution is 5.77. The van der Waals surface area contributed by atoms with Gasteiger partial charge in [-0.15, -0.1) is 0 Å². The van der Waals surface area contributed by atoms with Crippen LogP contribution in [-0.4, -0.2) is 38.1 Å². The minimum absolute atomic E-state index is 0.104. The molecule has 0 aliphatic carbocycles. The molecule has 3 N–H and O–H groups in total. The molecule has 0 spiro atoms. The Morgan fingerprint density at radius 2 is 2.33 bits per heavy atom. The molecule has 0 aromatic carbocycles. The van der Waals surface area contributed by atoms with E-state index in [4.69, 9.17) is 0 Å². The molecular formula is C11H23N3O. The highest BCUT2D eigenvalue weighted by Crippen LogP contribution is 2.05. The number of amides is 1. The second-order valence-corrected chi connectivity index (χ2v) is 4.13. The summed E-state index contributed by atoms with van der Waals surface area (Å²) in [5, 5.41) is 9.48. The predicted molar refractivity (Wildman–Crippen MR) is 61.8 cm³/mol. The molecule has 0 bridgehead atoms. The maximum absolute atomic E-state index is 11.2. The number of hydrogen-bond donors (Lipinski definition) is 3. The Morgan fingerprint density at radius 3 is 3.00 bits per heavy atom. The van der Waals surface area contributed by atoms with Crippen molar-refractivity contribution in [3.05, 3.63) is 0 Å². The number of hydrogen-bond acceptors (Lipinski definition) is 3. The van der Waals surface area contributed by atoms with E-state index in [0.29, 0.717) is 12.6 Å². The van der Waals surface area contributed by atoms with E-state index in [0.717, 1.165) is 26.1 Å². The first-order valence-corrected chi connectivity index (χ1v) is 6.03. The molecule has 0 saturated carbocycles. The number of rotatable bonds is 6. The summed E-state index contributed by atoms with van der Waals surface area (Å²) >= 11 is 0. The minimum atomic E-state index is 0.104. The monoisotopic (exact) mass is 213 g/mol. The first-order valence-electron chi connectivity index (χ1n) is 6.03. The van der Waals surface area contributed by atoms with Crippen LogP contribution < -0.4 is 16.0 Å². The standard InChI is InChI=1S/C11H23N3O/c1-2-6-14-11(15)9-12-8-10-5-3-4-7-13-10/h10,12-13H,2-9H2,1H3,(H,14,15). The van der Waals surface area contributed by atoms with Gasteiger partial charge in [0.1, 0.15) is 0 Å². The normalized spacial score (nSPS) is 21.3. The van der Waals surface area contributed by atoms with E-state index in [1.54, 1.807) is 0 Å². The summed E-state index contributed by atoms with van der Waals surface area (Å²) in [4.78, 5) is 11.2. The Kier molecular flexibility index (Phi) is 6.36. The third-order valence-corrected chi connectivity index (χ3v) is 2.66. The van der Waals surface area contributed by atoms with Crippen molar-refractivity contribution in [1.82, 2.24) is 16.0 Å². The summed E-state index contributed by atoms with van der Waals surface area (Å²) in [5.74, 6) is 0.104. The van der Waals surface area contributed by atoms with Gasteiger partial charge in [-0.3, -0.25) is 4.79 Å². The summed E-state index contributed by atoms with van der Waals surface area (Å²) in [5.41, 5.74) is 0. The molecule has 1 aliphatic heterocycles. The van der Waals surface area contributed by atoms with E-state index in [1.807, 2.05) is 0 Å². The van der Waals surface area contributed by atoms with Gasteiger partial charge < -0.3 is 16.0 Å². The molecule has 1 rings (SSSR count). The lowest BCUT2D eigenvalue weighted by atomic mass is 10.1. The van der Waals surface area contributed by atoms with Crippen LogP contribution in [0.1, 0.15) is 32.6 Å². The molecule has 1 fully saturated rings. The summed E-state index contributed by atoms with van der Waals surface area (Å²) in [6.45, 7) is 5.30. The maximum atomic E-state index is 11.2. The van der Waals surface area contributed by atoms with Gasteiger partial charge in [0.25, 0.3) is 0 Å². The summed E-state index contributed by atoms with van der Waals surface area (Å²) in [6.07, 6.45) is 4.81. The minimum Gasteiger partial charge on any atom is -0.355 e. The fourth-order valence-corrected chi connectivity index (χ4v) is 1.79. The molecule has 1 unspecified atom stereocenters. The van der Waals surface area contributed by atoms with E-state index in [1.165, 1.54) is 19.3 Å². The highest BCUT2D eigenvalue weighted by Gasteiger charge is 2.11. The third-order valence-electron chi connectivity index (χ3n) is 2.66. The Bertz CT molecular complexity index is 179. The van der Waals surface area contributed by atoms with Crippen molar-refractivity contribution >= 4 is 5.91 Å². The van der Waals surface area contributed by atoms with Crippen LogP contribution in [0.25, 0.3) is 0 Å². The van der Waals surface area contributed by atoms with Crippen molar-refractivity contribution in [3.63, 3.8) is 0 Å². The van der Waals surface area contributed by atoms with Crippen LogP contribution in [0.3, 0.4) is 0 Å².